The van der Waals surface area contributed by atoms with Gasteiger partial charge in [-0.3, -0.25) is 0 Å². The second kappa shape index (κ2) is 6.96. The van der Waals surface area contributed by atoms with Crippen molar-refractivity contribution in [3.63, 3.8) is 0 Å². The van der Waals surface area contributed by atoms with Crippen LogP contribution in [0.25, 0.3) is 10.9 Å². The van der Waals surface area contributed by atoms with Crippen molar-refractivity contribution in [2.75, 3.05) is 26.2 Å². The van der Waals surface area contributed by atoms with Gasteiger partial charge in [0.15, 0.2) is 5.75 Å². The topological polar surface area (TPSA) is 108 Å². The number of carboxylic acid groups (broad SMARTS) is 1. The standard InChI is InChI=1S/C14H14BrClN4O4/c15-8-3-9-10(13(21)19-6-18-9)12(11(8)16)24-5-7-4-20(14(22)23)2-1-17-7/h3,6-7,17H,1-2,4-5H2,(H,22,23)(H,18,19,21)/t7-/m0/s1. The second-order valence-electron chi connectivity index (χ2n) is 5.28. The number of hydrogen-bond acceptors (Lipinski definition) is 6. The zero-order valence-electron chi connectivity index (χ0n) is 12.4. The Labute approximate surface area is 150 Å². The van der Waals surface area contributed by atoms with Gasteiger partial charge in [-0.05, 0) is 22.0 Å². The first-order valence-corrected chi connectivity index (χ1v) is 8.30. The van der Waals surface area contributed by atoms with E-state index in [9.17, 15) is 9.90 Å². The van der Waals surface area contributed by atoms with Gasteiger partial charge in [0.05, 0.1) is 16.6 Å². The van der Waals surface area contributed by atoms with Crippen LogP contribution in [-0.4, -0.2) is 63.5 Å². The molecule has 3 N–H and O–H groups in total. The van der Waals surface area contributed by atoms with Gasteiger partial charge in [-0.25, -0.2) is 14.8 Å². The highest BCUT2D eigenvalue weighted by Crippen LogP contribution is 2.41. The van der Waals surface area contributed by atoms with Gasteiger partial charge in [0, 0.05) is 24.1 Å². The van der Waals surface area contributed by atoms with Gasteiger partial charge in [-0.15, -0.1) is 0 Å². The average molecular weight is 418 g/mol. The summed E-state index contributed by atoms with van der Waals surface area (Å²) >= 11 is 9.61. The quantitative estimate of drug-likeness (QED) is 0.702. The van der Waals surface area contributed by atoms with Gasteiger partial charge < -0.3 is 25.2 Å². The number of fused-ring (bicyclic) bond motifs is 1. The molecule has 0 spiro atoms. The van der Waals surface area contributed by atoms with Crippen LogP contribution in [0.15, 0.2) is 16.9 Å². The minimum Gasteiger partial charge on any atom is -0.493 e. The van der Waals surface area contributed by atoms with Crippen LogP contribution in [0.5, 0.6) is 11.6 Å². The molecule has 0 saturated carbocycles. The number of aromatic hydroxyl groups is 1. The normalized spacial score (nSPS) is 17.9. The fourth-order valence-electron chi connectivity index (χ4n) is 2.55. The number of benzene rings is 1. The third-order valence-electron chi connectivity index (χ3n) is 3.71. The number of aromatic nitrogens is 2. The van der Waals surface area contributed by atoms with Crippen LogP contribution in [0.2, 0.25) is 5.02 Å². The lowest BCUT2D eigenvalue weighted by atomic mass is 10.2. The molecule has 1 atom stereocenters. The van der Waals surface area contributed by atoms with Crippen molar-refractivity contribution in [2.45, 2.75) is 6.04 Å². The molecule has 2 heterocycles. The van der Waals surface area contributed by atoms with Crippen molar-refractivity contribution >= 4 is 44.5 Å². The zero-order valence-corrected chi connectivity index (χ0v) is 14.7. The molecule has 0 aliphatic carbocycles. The number of piperazine rings is 1. The summed E-state index contributed by atoms with van der Waals surface area (Å²) in [5, 5.41) is 22.9. The van der Waals surface area contributed by atoms with Crippen LogP contribution in [0.4, 0.5) is 4.79 Å². The molecule has 0 radical (unpaired) electrons. The maximum atomic E-state index is 11.1. The Bertz CT molecular complexity index is 791. The highest BCUT2D eigenvalue weighted by molar-refractivity contribution is 9.10. The summed E-state index contributed by atoms with van der Waals surface area (Å²) < 4.78 is 6.37. The van der Waals surface area contributed by atoms with Crippen LogP contribution in [0, 0.1) is 0 Å². The Balaban J connectivity index is 1.85. The van der Waals surface area contributed by atoms with E-state index in [1.54, 1.807) is 6.07 Å². The molecule has 2 aromatic rings. The van der Waals surface area contributed by atoms with Crippen LogP contribution < -0.4 is 10.1 Å². The third-order valence-corrected chi connectivity index (χ3v) is 4.94. The molecule has 1 aromatic heterocycles. The van der Waals surface area contributed by atoms with Gasteiger partial charge in [0.1, 0.15) is 18.3 Å². The molecule has 0 unspecified atom stereocenters. The van der Waals surface area contributed by atoms with E-state index in [-0.39, 0.29) is 24.3 Å². The number of nitrogens with one attached hydrogen (secondary N) is 1. The molecule has 1 saturated heterocycles. The highest BCUT2D eigenvalue weighted by Gasteiger charge is 2.24. The lowest BCUT2D eigenvalue weighted by molar-refractivity contribution is 0.118. The third kappa shape index (κ3) is 3.33. The molecule has 0 bridgehead atoms. The van der Waals surface area contributed by atoms with Crippen molar-refractivity contribution < 1.29 is 19.7 Å². The number of hydrogen-bond donors (Lipinski definition) is 3. The van der Waals surface area contributed by atoms with Crippen molar-refractivity contribution in [3.05, 3.63) is 21.9 Å². The van der Waals surface area contributed by atoms with Gasteiger partial charge in [-0.1, -0.05) is 11.6 Å². The first-order chi connectivity index (χ1) is 11.5. The highest BCUT2D eigenvalue weighted by atomic mass is 79.9. The average Bonchev–Trinajstić information content (AvgIpc) is 2.56. The van der Waals surface area contributed by atoms with E-state index in [4.69, 9.17) is 21.4 Å². The molecule has 3 rings (SSSR count). The molecular weight excluding hydrogens is 404 g/mol. The molecule has 24 heavy (non-hydrogen) atoms. The fourth-order valence-corrected chi connectivity index (χ4v) is 3.15. The van der Waals surface area contributed by atoms with E-state index in [2.05, 4.69) is 31.2 Å². The Kier molecular flexibility index (Phi) is 4.93. The lowest BCUT2D eigenvalue weighted by Gasteiger charge is -2.31. The summed E-state index contributed by atoms with van der Waals surface area (Å²) in [6.07, 6.45) is 0.286. The van der Waals surface area contributed by atoms with E-state index >= 15 is 0 Å². The van der Waals surface area contributed by atoms with E-state index in [1.165, 1.54) is 11.2 Å². The molecule has 1 fully saturated rings. The van der Waals surface area contributed by atoms with Gasteiger partial charge in [0.25, 0.3) is 0 Å². The van der Waals surface area contributed by atoms with Gasteiger partial charge in [-0.2, -0.15) is 0 Å². The zero-order chi connectivity index (χ0) is 17.3. The Hall–Kier alpha value is -1.84. The molecule has 8 nitrogen and oxygen atoms in total. The first-order valence-electron chi connectivity index (χ1n) is 7.13. The monoisotopic (exact) mass is 416 g/mol. The van der Waals surface area contributed by atoms with Crippen molar-refractivity contribution in [1.29, 1.82) is 0 Å². The molecule has 1 aliphatic rings. The summed E-state index contributed by atoms with van der Waals surface area (Å²) in [6, 6.07) is 1.48. The van der Waals surface area contributed by atoms with E-state index in [1.807, 2.05) is 0 Å². The van der Waals surface area contributed by atoms with Gasteiger partial charge in [0.2, 0.25) is 5.88 Å². The minimum atomic E-state index is -0.960. The van der Waals surface area contributed by atoms with Crippen LogP contribution in [0.1, 0.15) is 0 Å². The van der Waals surface area contributed by atoms with E-state index in [0.717, 1.165) is 0 Å². The fraction of sp³-hybridized carbons (Fsp3) is 0.357. The Morgan fingerprint density at radius 3 is 3.08 bits per heavy atom. The van der Waals surface area contributed by atoms with E-state index in [0.29, 0.717) is 40.0 Å². The number of ether oxygens (including phenoxy) is 1. The maximum absolute atomic E-state index is 11.1. The molecule has 1 aliphatic heterocycles. The largest absolute Gasteiger partial charge is 0.493 e. The maximum Gasteiger partial charge on any atom is 0.407 e. The van der Waals surface area contributed by atoms with Crippen molar-refractivity contribution in [3.8, 4) is 11.6 Å². The number of halogens is 2. The molecular formula is C14H14BrClN4O4. The molecule has 10 heteroatoms. The SMILES string of the molecule is O=C(O)N1CCN[C@H](COc2c(Cl)c(Br)cc3ncnc(O)c23)C1. The molecule has 1 amide bonds. The first kappa shape index (κ1) is 17.0. The summed E-state index contributed by atoms with van der Waals surface area (Å²) in [7, 11) is 0. The minimum absolute atomic E-state index is 0.184. The van der Waals surface area contributed by atoms with Crippen LogP contribution >= 0.6 is 27.5 Å². The summed E-state index contributed by atoms with van der Waals surface area (Å²) in [6.45, 7) is 1.47. The summed E-state index contributed by atoms with van der Waals surface area (Å²) in [5.74, 6) is 0.0292. The smallest absolute Gasteiger partial charge is 0.407 e. The number of nitrogens with zero attached hydrogens (tertiary/aromatic N) is 3. The van der Waals surface area contributed by atoms with Gasteiger partial charge >= 0.3 is 6.09 Å². The molecule has 1 aromatic carbocycles. The predicted octanol–water partition coefficient (Wildman–Crippen LogP) is 2.08. The second-order valence-corrected chi connectivity index (χ2v) is 6.52. The Morgan fingerprint density at radius 1 is 1.54 bits per heavy atom. The Morgan fingerprint density at radius 2 is 2.33 bits per heavy atom. The lowest BCUT2D eigenvalue weighted by Crippen LogP contribution is -2.54. The summed E-state index contributed by atoms with van der Waals surface area (Å²) in [5.41, 5.74) is 0.484. The summed E-state index contributed by atoms with van der Waals surface area (Å²) in [4.78, 5) is 20.2. The van der Waals surface area contributed by atoms with Crippen LogP contribution in [-0.2, 0) is 0 Å². The number of rotatable bonds is 3. The predicted molar refractivity (Wildman–Crippen MR) is 90.8 cm³/mol. The number of amides is 1. The number of carbonyl (C=O) groups is 1. The van der Waals surface area contributed by atoms with Crippen molar-refractivity contribution in [1.82, 2.24) is 20.2 Å². The van der Waals surface area contributed by atoms with E-state index < -0.39 is 6.09 Å². The molecule has 128 valence electrons. The van der Waals surface area contributed by atoms with Crippen LogP contribution in [0.3, 0.4) is 0 Å². The van der Waals surface area contributed by atoms with Crippen molar-refractivity contribution in [2.24, 2.45) is 0 Å².